The molecule has 2 aromatic carbocycles. The second-order valence-electron chi connectivity index (χ2n) is 5.76. The molecule has 25 heavy (non-hydrogen) atoms. The molecule has 0 aliphatic rings. The van der Waals surface area contributed by atoms with Crippen molar-refractivity contribution < 1.29 is 19.4 Å². The van der Waals surface area contributed by atoms with Gasteiger partial charge in [-0.3, -0.25) is 9.59 Å². The van der Waals surface area contributed by atoms with E-state index in [2.05, 4.69) is 5.32 Å². The van der Waals surface area contributed by atoms with Crippen LogP contribution in [0, 0.1) is 0 Å². The van der Waals surface area contributed by atoms with Gasteiger partial charge in [0.15, 0.2) is 0 Å². The zero-order valence-corrected chi connectivity index (χ0v) is 14.3. The number of hydrogen-bond donors (Lipinski definition) is 2. The summed E-state index contributed by atoms with van der Waals surface area (Å²) in [4.78, 5) is 23.8. The fraction of sp³-hybridized carbons (Fsp3) is 0.300. The van der Waals surface area contributed by atoms with Crippen molar-refractivity contribution in [2.45, 2.75) is 25.7 Å². The van der Waals surface area contributed by atoms with Crippen molar-refractivity contribution in [3.05, 3.63) is 59.7 Å². The molecule has 0 saturated carbocycles. The van der Waals surface area contributed by atoms with E-state index in [1.54, 1.807) is 25.3 Å². The number of amides is 1. The maximum atomic E-state index is 11.9. The molecule has 132 valence electrons. The number of aromatic hydroxyl groups is 1. The number of carbonyl (C=O) groups is 2. The van der Waals surface area contributed by atoms with Crippen LogP contribution in [-0.4, -0.2) is 30.5 Å². The van der Waals surface area contributed by atoms with E-state index in [4.69, 9.17) is 4.74 Å². The van der Waals surface area contributed by atoms with Crippen molar-refractivity contribution in [3.8, 4) is 11.5 Å². The molecular formula is C20H23NO4. The van der Waals surface area contributed by atoms with Gasteiger partial charge < -0.3 is 15.2 Å². The van der Waals surface area contributed by atoms with Gasteiger partial charge in [0, 0.05) is 19.4 Å². The van der Waals surface area contributed by atoms with E-state index in [1.165, 1.54) is 11.6 Å². The number of benzene rings is 2. The van der Waals surface area contributed by atoms with Crippen molar-refractivity contribution in [2.75, 3.05) is 13.7 Å². The lowest BCUT2D eigenvalue weighted by Gasteiger charge is -2.06. The van der Waals surface area contributed by atoms with E-state index in [1.807, 2.05) is 24.3 Å². The quantitative estimate of drug-likeness (QED) is 0.735. The first-order chi connectivity index (χ1) is 12.1. The van der Waals surface area contributed by atoms with E-state index >= 15 is 0 Å². The van der Waals surface area contributed by atoms with Gasteiger partial charge in [0.1, 0.15) is 17.3 Å². The molecule has 0 aliphatic carbocycles. The number of Topliss-reactive ketones (excluding diaryl/α,β-unsaturated/α-hetero) is 1. The molecule has 0 radical (unpaired) electrons. The van der Waals surface area contributed by atoms with Gasteiger partial charge >= 0.3 is 0 Å². The van der Waals surface area contributed by atoms with Crippen LogP contribution in [0.3, 0.4) is 0 Å². The number of rotatable bonds is 9. The first-order valence-electron chi connectivity index (χ1n) is 8.31. The highest BCUT2D eigenvalue weighted by Gasteiger charge is 2.10. The summed E-state index contributed by atoms with van der Waals surface area (Å²) in [5.41, 5.74) is 1.39. The van der Waals surface area contributed by atoms with E-state index in [0.29, 0.717) is 12.8 Å². The van der Waals surface area contributed by atoms with Gasteiger partial charge in [-0.05, 0) is 42.7 Å². The minimum Gasteiger partial charge on any atom is -0.507 e. The summed E-state index contributed by atoms with van der Waals surface area (Å²) in [7, 11) is 1.63. The predicted octanol–water partition coefficient (Wildman–Crippen LogP) is 3.11. The first-order valence-corrected chi connectivity index (χ1v) is 8.31. The van der Waals surface area contributed by atoms with Crippen molar-refractivity contribution in [2.24, 2.45) is 0 Å². The summed E-state index contributed by atoms with van der Waals surface area (Å²) in [6, 6.07) is 14.1. The van der Waals surface area contributed by atoms with Crippen LogP contribution in [-0.2, 0) is 11.2 Å². The number of carbonyl (C=O) groups excluding carboxylic acids is 2. The third kappa shape index (κ3) is 5.95. The zero-order valence-electron chi connectivity index (χ0n) is 14.3. The highest BCUT2D eigenvalue weighted by molar-refractivity contribution is 5.96. The van der Waals surface area contributed by atoms with Crippen LogP contribution in [0.4, 0.5) is 0 Å². The van der Waals surface area contributed by atoms with Crippen LogP contribution in [0.5, 0.6) is 11.5 Å². The predicted molar refractivity (Wildman–Crippen MR) is 96.0 cm³/mol. The number of aryl methyl sites for hydroxylation is 1. The molecule has 2 aromatic rings. The Hall–Kier alpha value is -2.82. The van der Waals surface area contributed by atoms with Crippen LogP contribution >= 0.6 is 0 Å². The number of phenolic OH excluding ortho intramolecular Hbond substituents is 1. The maximum Gasteiger partial charge on any atom is 0.255 e. The van der Waals surface area contributed by atoms with E-state index in [0.717, 1.165) is 18.6 Å². The molecule has 0 unspecified atom stereocenters. The molecule has 5 heteroatoms. The van der Waals surface area contributed by atoms with Gasteiger partial charge in [0.25, 0.3) is 5.91 Å². The Morgan fingerprint density at radius 2 is 1.76 bits per heavy atom. The molecular weight excluding hydrogens is 318 g/mol. The number of para-hydroxylation sites is 1. The summed E-state index contributed by atoms with van der Waals surface area (Å²) in [5.74, 6) is 0.501. The molecule has 2 rings (SSSR count). The average Bonchev–Trinajstić information content (AvgIpc) is 2.62. The lowest BCUT2D eigenvalue weighted by atomic mass is 10.1. The number of nitrogens with one attached hydrogen (secondary N) is 1. The molecule has 0 bridgehead atoms. The molecule has 0 saturated heterocycles. The molecule has 0 heterocycles. The average molecular weight is 341 g/mol. The Morgan fingerprint density at radius 1 is 1.04 bits per heavy atom. The van der Waals surface area contributed by atoms with Gasteiger partial charge in [-0.1, -0.05) is 24.3 Å². The molecule has 0 atom stereocenters. The molecule has 0 aliphatic heterocycles. The molecule has 0 spiro atoms. The lowest BCUT2D eigenvalue weighted by molar-refractivity contribution is -0.119. The summed E-state index contributed by atoms with van der Waals surface area (Å²) in [5, 5.41) is 12.3. The Labute approximate surface area is 147 Å². The first kappa shape index (κ1) is 18.5. The fourth-order valence-electron chi connectivity index (χ4n) is 2.48. The Kier molecular flexibility index (Phi) is 7.01. The van der Waals surface area contributed by atoms with Crippen LogP contribution in [0.2, 0.25) is 0 Å². The van der Waals surface area contributed by atoms with Gasteiger partial charge in [-0.2, -0.15) is 0 Å². The molecule has 1 amide bonds. The molecule has 2 N–H and O–H groups in total. The van der Waals surface area contributed by atoms with Crippen LogP contribution < -0.4 is 10.1 Å². The number of ketones is 1. The van der Waals surface area contributed by atoms with Crippen molar-refractivity contribution in [1.29, 1.82) is 0 Å². The van der Waals surface area contributed by atoms with Crippen molar-refractivity contribution in [3.63, 3.8) is 0 Å². The maximum absolute atomic E-state index is 11.9. The second-order valence-corrected chi connectivity index (χ2v) is 5.76. The monoisotopic (exact) mass is 341 g/mol. The fourth-order valence-corrected chi connectivity index (χ4v) is 2.48. The summed E-state index contributed by atoms with van der Waals surface area (Å²) in [6.45, 7) is 0.272. The smallest absolute Gasteiger partial charge is 0.255 e. The highest BCUT2D eigenvalue weighted by atomic mass is 16.5. The topological polar surface area (TPSA) is 75.6 Å². The number of hydrogen-bond acceptors (Lipinski definition) is 4. The molecule has 5 nitrogen and oxygen atoms in total. The Morgan fingerprint density at radius 3 is 2.44 bits per heavy atom. The Bertz CT molecular complexity index is 710. The van der Waals surface area contributed by atoms with Gasteiger partial charge in [-0.25, -0.2) is 0 Å². The van der Waals surface area contributed by atoms with Crippen molar-refractivity contribution in [1.82, 2.24) is 5.32 Å². The third-order valence-corrected chi connectivity index (χ3v) is 3.92. The minimum atomic E-state index is -0.371. The minimum absolute atomic E-state index is 0.0641. The SMILES string of the molecule is COc1ccc(CCCC(=O)CCNC(=O)c2ccccc2O)cc1. The molecule has 0 aromatic heterocycles. The lowest BCUT2D eigenvalue weighted by Crippen LogP contribution is -2.26. The summed E-state index contributed by atoms with van der Waals surface area (Å²) in [6.07, 6.45) is 2.39. The van der Waals surface area contributed by atoms with E-state index in [9.17, 15) is 14.7 Å². The van der Waals surface area contributed by atoms with Gasteiger partial charge in [-0.15, -0.1) is 0 Å². The van der Waals surface area contributed by atoms with Crippen LogP contribution in [0.15, 0.2) is 48.5 Å². The third-order valence-electron chi connectivity index (χ3n) is 3.92. The number of phenols is 1. The Balaban J connectivity index is 1.65. The van der Waals surface area contributed by atoms with Crippen molar-refractivity contribution >= 4 is 11.7 Å². The number of ether oxygens (including phenoxy) is 1. The highest BCUT2D eigenvalue weighted by Crippen LogP contribution is 2.15. The largest absolute Gasteiger partial charge is 0.507 e. The standard InChI is InChI=1S/C20H23NO4/c1-25-17-11-9-15(10-12-17)5-4-6-16(22)13-14-21-20(24)18-7-2-3-8-19(18)23/h2-3,7-12,23H,4-6,13-14H2,1H3,(H,21,24). The van der Waals surface area contributed by atoms with E-state index in [-0.39, 0.29) is 29.5 Å². The van der Waals surface area contributed by atoms with Crippen LogP contribution in [0.1, 0.15) is 35.2 Å². The second kappa shape index (κ2) is 9.47. The van der Waals surface area contributed by atoms with E-state index < -0.39 is 0 Å². The van der Waals surface area contributed by atoms with Gasteiger partial charge in [0.2, 0.25) is 0 Å². The zero-order chi connectivity index (χ0) is 18.1. The van der Waals surface area contributed by atoms with Gasteiger partial charge in [0.05, 0.1) is 12.7 Å². The summed E-state index contributed by atoms with van der Waals surface area (Å²) >= 11 is 0. The normalized spacial score (nSPS) is 10.3. The molecule has 0 fully saturated rings. The number of methoxy groups -OCH3 is 1. The van der Waals surface area contributed by atoms with Crippen LogP contribution in [0.25, 0.3) is 0 Å². The summed E-state index contributed by atoms with van der Waals surface area (Å²) < 4.78 is 5.11.